The molecule has 244 valence electrons. The normalized spacial score (nSPS) is 18.7. The fraction of sp³-hybridized carbons (Fsp3) is 0.500. The van der Waals surface area contributed by atoms with Crippen LogP contribution in [0.15, 0.2) is 91.0 Å². The molecule has 7 heteroatoms. The monoisotopic (exact) mass is 632 g/mol. The van der Waals surface area contributed by atoms with Crippen LogP contribution >= 0.6 is 0 Å². The van der Waals surface area contributed by atoms with E-state index in [9.17, 15) is 9.90 Å². The third kappa shape index (κ3) is 10.1. The molecule has 1 aliphatic heterocycles. The first kappa shape index (κ1) is 35.0. The second-order valence-corrected chi connectivity index (χ2v) is 17.4. The second kappa shape index (κ2) is 17.2. The summed E-state index contributed by atoms with van der Waals surface area (Å²) < 4.78 is 25.4. The van der Waals surface area contributed by atoms with E-state index in [0.717, 1.165) is 37.7 Å². The maximum Gasteiger partial charge on any atom is 0.308 e. The molecule has 45 heavy (non-hydrogen) atoms. The molecule has 0 saturated carbocycles. The van der Waals surface area contributed by atoms with Crippen molar-refractivity contribution >= 4 is 24.7 Å². The molecule has 0 aliphatic carbocycles. The lowest BCUT2D eigenvalue weighted by Crippen LogP contribution is -2.68. The molecule has 1 saturated heterocycles. The third-order valence-electron chi connectivity index (χ3n) is 8.66. The minimum absolute atomic E-state index is 0.00326. The van der Waals surface area contributed by atoms with Gasteiger partial charge < -0.3 is 23.7 Å². The van der Waals surface area contributed by atoms with Gasteiger partial charge in [-0.1, -0.05) is 112 Å². The zero-order valence-electron chi connectivity index (χ0n) is 27.5. The topological polar surface area (TPSA) is 74.2 Å². The maximum absolute atomic E-state index is 11.9. The standard InChI is InChI=1S/C38H52O6Si/c1-5-42-37(40)27-31(39)26-32-18-15-19-33(43-32)28-34(24-25-41-29-30-16-9-6-10-17-30)44-45(38(2,3)4,35-20-11-7-12-21-35)36-22-13-8-14-23-36/h6-14,16-17,20-23,31-34,39H,5,15,18-19,24-29H2,1-4H3/t31-,32-,33+,34+/m1/s1. The van der Waals surface area contributed by atoms with E-state index in [4.69, 9.17) is 18.6 Å². The van der Waals surface area contributed by atoms with Gasteiger partial charge in [-0.05, 0) is 60.0 Å². The van der Waals surface area contributed by atoms with Crippen LogP contribution in [0.5, 0.6) is 0 Å². The fourth-order valence-corrected chi connectivity index (χ4v) is 11.3. The van der Waals surface area contributed by atoms with Gasteiger partial charge in [-0.25, -0.2) is 0 Å². The van der Waals surface area contributed by atoms with E-state index in [-0.39, 0.29) is 35.7 Å². The molecule has 1 fully saturated rings. The molecule has 1 N–H and O–H groups in total. The molecular weight excluding hydrogens is 580 g/mol. The molecule has 0 aromatic heterocycles. The number of rotatable bonds is 16. The molecular formula is C38H52O6Si. The summed E-state index contributed by atoms with van der Waals surface area (Å²) in [7, 11) is -2.79. The largest absolute Gasteiger partial charge is 0.466 e. The Morgan fingerprint density at radius 3 is 2.00 bits per heavy atom. The van der Waals surface area contributed by atoms with Gasteiger partial charge in [-0.15, -0.1) is 0 Å². The van der Waals surface area contributed by atoms with Crippen LogP contribution in [-0.4, -0.2) is 57.0 Å². The van der Waals surface area contributed by atoms with Crippen LogP contribution in [0.1, 0.15) is 78.2 Å². The number of carbonyl (C=O) groups is 1. The molecule has 0 spiro atoms. The summed E-state index contributed by atoms with van der Waals surface area (Å²) in [6.45, 7) is 10.1. The predicted octanol–water partition coefficient (Wildman–Crippen LogP) is 6.57. The molecule has 6 nitrogen and oxygen atoms in total. The lowest BCUT2D eigenvalue weighted by atomic mass is 9.96. The van der Waals surface area contributed by atoms with E-state index in [1.165, 1.54) is 10.4 Å². The summed E-state index contributed by atoms with van der Waals surface area (Å²) in [6, 6.07) is 31.8. The molecule has 1 heterocycles. The van der Waals surface area contributed by atoms with Crippen LogP contribution in [0.3, 0.4) is 0 Å². The number of hydrogen-bond acceptors (Lipinski definition) is 6. The fourth-order valence-electron chi connectivity index (χ4n) is 6.57. The number of hydrogen-bond donors (Lipinski definition) is 1. The lowest BCUT2D eigenvalue weighted by Gasteiger charge is -2.46. The first-order chi connectivity index (χ1) is 21.7. The Labute approximate surface area is 271 Å². The van der Waals surface area contributed by atoms with Gasteiger partial charge in [0.1, 0.15) is 0 Å². The van der Waals surface area contributed by atoms with Crippen molar-refractivity contribution in [2.24, 2.45) is 0 Å². The molecule has 4 rings (SSSR count). The van der Waals surface area contributed by atoms with Crippen LogP contribution < -0.4 is 10.4 Å². The first-order valence-electron chi connectivity index (χ1n) is 16.6. The zero-order valence-corrected chi connectivity index (χ0v) is 28.5. The number of esters is 1. The number of aliphatic hydroxyl groups is 1. The smallest absolute Gasteiger partial charge is 0.308 e. The second-order valence-electron chi connectivity index (χ2n) is 13.2. The van der Waals surface area contributed by atoms with Crippen LogP contribution in [0, 0.1) is 0 Å². The SMILES string of the molecule is CCOC(=O)C[C@H](O)C[C@H]1CCC[C@@H](C[C@H](CCOCc2ccccc2)O[Si](c2ccccc2)(c2ccccc2)C(C)(C)C)O1. The number of ether oxygens (including phenoxy) is 3. The number of benzene rings is 3. The van der Waals surface area contributed by atoms with E-state index < -0.39 is 14.4 Å². The van der Waals surface area contributed by atoms with E-state index in [1.54, 1.807) is 6.92 Å². The Hall–Kier alpha value is -2.81. The minimum atomic E-state index is -2.79. The highest BCUT2D eigenvalue weighted by Gasteiger charge is 2.51. The lowest BCUT2D eigenvalue weighted by molar-refractivity contribution is -0.146. The zero-order chi connectivity index (χ0) is 32.1. The number of carbonyl (C=O) groups excluding carboxylic acids is 1. The highest BCUT2D eigenvalue weighted by Crippen LogP contribution is 2.39. The van der Waals surface area contributed by atoms with Crippen molar-refractivity contribution in [3.8, 4) is 0 Å². The molecule has 3 aromatic rings. The molecule has 0 unspecified atom stereocenters. The van der Waals surface area contributed by atoms with Crippen molar-refractivity contribution < 1.29 is 28.5 Å². The Kier molecular flexibility index (Phi) is 13.4. The highest BCUT2D eigenvalue weighted by molar-refractivity contribution is 6.99. The maximum atomic E-state index is 11.9. The Morgan fingerprint density at radius 1 is 0.889 bits per heavy atom. The van der Waals surface area contributed by atoms with Crippen LogP contribution in [-0.2, 0) is 30.0 Å². The Morgan fingerprint density at radius 2 is 1.44 bits per heavy atom. The summed E-state index contributed by atoms with van der Waals surface area (Å²) in [5, 5.41) is 12.9. The molecule has 4 atom stereocenters. The molecule has 0 amide bonds. The summed E-state index contributed by atoms with van der Waals surface area (Å²) in [6.07, 6.45) is 3.75. The van der Waals surface area contributed by atoms with Gasteiger partial charge in [0.05, 0.1) is 44.1 Å². The number of aliphatic hydroxyl groups excluding tert-OH is 1. The van der Waals surface area contributed by atoms with Crippen molar-refractivity contribution in [1.82, 2.24) is 0 Å². The summed E-state index contributed by atoms with van der Waals surface area (Å²) in [5.41, 5.74) is 1.15. The van der Waals surface area contributed by atoms with Crippen molar-refractivity contribution in [2.75, 3.05) is 13.2 Å². The van der Waals surface area contributed by atoms with E-state index in [1.807, 2.05) is 18.2 Å². The Balaban J connectivity index is 1.56. The summed E-state index contributed by atoms with van der Waals surface area (Å²) >= 11 is 0. The van der Waals surface area contributed by atoms with Crippen LogP contribution in [0.25, 0.3) is 0 Å². The van der Waals surface area contributed by atoms with E-state index in [0.29, 0.717) is 26.2 Å². The first-order valence-corrected chi connectivity index (χ1v) is 18.5. The summed E-state index contributed by atoms with van der Waals surface area (Å²) in [5.74, 6) is -0.369. The average Bonchev–Trinajstić information content (AvgIpc) is 3.02. The highest BCUT2D eigenvalue weighted by atomic mass is 28.4. The van der Waals surface area contributed by atoms with Gasteiger partial charge in [-0.3, -0.25) is 4.79 Å². The van der Waals surface area contributed by atoms with Gasteiger partial charge in [0.15, 0.2) is 0 Å². The van der Waals surface area contributed by atoms with Gasteiger partial charge in [0.2, 0.25) is 0 Å². The van der Waals surface area contributed by atoms with Crippen molar-refractivity contribution in [3.63, 3.8) is 0 Å². The van der Waals surface area contributed by atoms with E-state index >= 15 is 0 Å². The molecule has 0 radical (unpaired) electrons. The third-order valence-corrected chi connectivity index (χ3v) is 13.8. The van der Waals surface area contributed by atoms with Gasteiger partial charge >= 0.3 is 5.97 Å². The van der Waals surface area contributed by atoms with Crippen molar-refractivity contribution in [3.05, 3.63) is 96.6 Å². The predicted molar refractivity (Wildman–Crippen MR) is 182 cm³/mol. The van der Waals surface area contributed by atoms with Crippen molar-refractivity contribution in [2.45, 2.75) is 109 Å². The summed E-state index contributed by atoms with van der Waals surface area (Å²) in [4.78, 5) is 11.9. The Bertz CT molecular complexity index is 1220. The molecule has 1 aliphatic rings. The van der Waals surface area contributed by atoms with Crippen molar-refractivity contribution in [1.29, 1.82) is 0 Å². The van der Waals surface area contributed by atoms with Gasteiger partial charge in [0, 0.05) is 13.0 Å². The quantitative estimate of drug-likeness (QED) is 0.109. The average molecular weight is 633 g/mol. The molecule has 3 aromatic carbocycles. The minimum Gasteiger partial charge on any atom is -0.466 e. The molecule has 0 bridgehead atoms. The van der Waals surface area contributed by atoms with Gasteiger partial charge in [0.25, 0.3) is 8.32 Å². The van der Waals surface area contributed by atoms with E-state index in [2.05, 4.69) is 93.6 Å². The van der Waals surface area contributed by atoms with Gasteiger partial charge in [-0.2, -0.15) is 0 Å². The van der Waals surface area contributed by atoms with Crippen LogP contribution in [0.2, 0.25) is 5.04 Å². The van der Waals surface area contributed by atoms with Crippen LogP contribution in [0.4, 0.5) is 0 Å².